The van der Waals surface area contributed by atoms with Gasteiger partial charge in [0.25, 0.3) is 0 Å². The third-order valence-electron chi connectivity index (χ3n) is 7.60. The van der Waals surface area contributed by atoms with Gasteiger partial charge in [-0.25, -0.2) is 0 Å². The highest BCUT2D eigenvalue weighted by Gasteiger charge is 2.24. The summed E-state index contributed by atoms with van der Waals surface area (Å²) in [5.41, 5.74) is 4.46. The topological polar surface area (TPSA) is 0 Å². The van der Waals surface area contributed by atoms with Gasteiger partial charge in [0, 0.05) is 0 Å². The van der Waals surface area contributed by atoms with Gasteiger partial charge in [0.15, 0.2) is 0 Å². The molecule has 1 unspecified atom stereocenters. The molecule has 157 valence electrons. The summed E-state index contributed by atoms with van der Waals surface area (Å²) in [5, 5.41) is 10.9. The fourth-order valence-electron chi connectivity index (χ4n) is 6.05. The Labute approximate surface area is 194 Å². The van der Waals surface area contributed by atoms with E-state index in [-0.39, 0.29) is 0 Å². The molecule has 0 aliphatic heterocycles. The summed E-state index contributed by atoms with van der Waals surface area (Å²) in [7, 11) is 0. The van der Waals surface area contributed by atoms with Gasteiger partial charge in [-0.1, -0.05) is 97.1 Å². The lowest BCUT2D eigenvalue weighted by molar-refractivity contribution is 0.613. The van der Waals surface area contributed by atoms with Crippen LogP contribution in [0.4, 0.5) is 0 Å². The van der Waals surface area contributed by atoms with Crippen LogP contribution in [0.2, 0.25) is 0 Å². The van der Waals surface area contributed by atoms with Crippen LogP contribution in [0.1, 0.15) is 35.4 Å². The number of rotatable bonds is 2. The Hall–Kier alpha value is -3.64. The van der Waals surface area contributed by atoms with Gasteiger partial charge < -0.3 is 0 Å². The van der Waals surface area contributed by atoms with Crippen molar-refractivity contribution in [2.24, 2.45) is 0 Å². The van der Waals surface area contributed by atoms with E-state index in [1.807, 2.05) is 0 Å². The van der Waals surface area contributed by atoms with Gasteiger partial charge in [-0.2, -0.15) is 0 Å². The van der Waals surface area contributed by atoms with Crippen molar-refractivity contribution in [1.29, 1.82) is 0 Å². The molecule has 0 heteroatoms. The number of hydrogen-bond donors (Lipinski definition) is 0. The average Bonchev–Trinajstić information content (AvgIpc) is 2.88. The Kier molecular flexibility index (Phi) is 4.27. The second kappa shape index (κ2) is 7.46. The summed E-state index contributed by atoms with van der Waals surface area (Å²) in [6.07, 6.45) is 6.19. The molecular formula is C33H25. The molecule has 0 saturated carbocycles. The van der Waals surface area contributed by atoms with Gasteiger partial charge in [0.1, 0.15) is 0 Å². The van der Waals surface area contributed by atoms with Gasteiger partial charge in [0.2, 0.25) is 0 Å². The summed E-state index contributed by atoms with van der Waals surface area (Å²) >= 11 is 0. The van der Waals surface area contributed by atoms with E-state index < -0.39 is 0 Å². The second-order valence-corrected chi connectivity index (χ2v) is 9.41. The van der Waals surface area contributed by atoms with Crippen LogP contribution in [-0.2, 0) is 6.42 Å². The van der Waals surface area contributed by atoms with E-state index in [0.717, 1.165) is 0 Å². The minimum absolute atomic E-state index is 0.443. The Morgan fingerprint density at radius 1 is 0.545 bits per heavy atom. The lowest BCUT2D eigenvalue weighted by atomic mass is 9.76. The molecule has 0 spiro atoms. The van der Waals surface area contributed by atoms with Crippen molar-refractivity contribution in [2.75, 3.05) is 0 Å². The van der Waals surface area contributed by atoms with Gasteiger partial charge in [-0.05, 0) is 97.4 Å². The molecule has 0 fully saturated rings. The van der Waals surface area contributed by atoms with Crippen LogP contribution in [0.5, 0.6) is 0 Å². The van der Waals surface area contributed by atoms with Crippen LogP contribution in [0.25, 0.3) is 43.1 Å². The molecule has 1 aliphatic carbocycles. The molecule has 0 heterocycles. The molecule has 0 amide bonds. The molecule has 7 rings (SSSR count). The lowest BCUT2D eigenvalue weighted by Gasteiger charge is -2.28. The van der Waals surface area contributed by atoms with Crippen molar-refractivity contribution in [2.45, 2.75) is 25.2 Å². The highest BCUT2D eigenvalue weighted by molar-refractivity contribution is 6.09. The standard InChI is InChI=1S/C33H25/c1-4-12-26-22(8-1)16-17-32-30-15-7-11-25(29(30)18-19-31(26)32)21-33-27-13-5-2-9-23(27)20-24-10-3-6-14-28(24)33/h1-6,8-10,12-14,16-21,25H,7,11,15H2. The fourth-order valence-corrected chi connectivity index (χ4v) is 6.05. The first-order valence-electron chi connectivity index (χ1n) is 12.1. The van der Waals surface area contributed by atoms with Gasteiger partial charge in [-0.3, -0.25) is 0 Å². The summed E-state index contributed by atoms with van der Waals surface area (Å²) in [6.45, 7) is 0. The van der Waals surface area contributed by atoms with Crippen LogP contribution < -0.4 is 0 Å². The first-order valence-corrected chi connectivity index (χ1v) is 12.1. The molecule has 1 atom stereocenters. The zero-order valence-electron chi connectivity index (χ0n) is 18.6. The summed E-state index contributed by atoms with van der Waals surface area (Å²) in [4.78, 5) is 0. The third-order valence-corrected chi connectivity index (χ3v) is 7.60. The van der Waals surface area contributed by atoms with Crippen LogP contribution in [0.3, 0.4) is 0 Å². The van der Waals surface area contributed by atoms with E-state index in [1.54, 1.807) is 5.56 Å². The van der Waals surface area contributed by atoms with E-state index in [9.17, 15) is 0 Å². The molecule has 1 radical (unpaired) electrons. The first-order chi connectivity index (χ1) is 16.4. The van der Waals surface area contributed by atoms with E-state index in [1.165, 1.54) is 73.5 Å². The summed E-state index contributed by atoms with van der Waals surface area (Å²) in [5.74, 6) is 0.443. The predicted molar refractivity (Wildman–Crippen MR) is 142 cm³/mol. The molecule has 0 nitrogen and oxygen atoms in total. The van der Waals surface area contributed by atoms with Crippen molar-refractivity contribution >= 4 is 43.1 Å². The molecule has 0 aromatic heterocycles. The number of aryl methyl sites for hydroxylation is 1. The van der Waals surface area contributed by atoms with Crippen molar-refractivity contribution in [3.05, 3.63) is 126 Å². The van der Waals surface area contributed by atoms with Crippen molar-refractivity contribution in [3.8, 4) is 0 Å². The maximum Gasteiger partial charge on any atom is -0.000552 e. The Balaban J connectivity index is 1.41. The Morgan fingerprint density at radius 3 is 1.94 bits per heavy atom. The van der Waals surface area contributed by atoms with Crippen molar-refractivity contribution in [3.63, 3.8) is 0 Å². The molecule has 0 N–H and O–H groups in total. The van der Waals surface area contributed by atoms with Crippen LogP contribution in [0.15, 0.2) is 103 Å². The average molecular weight is 422 g/mol. The Bertz CT molecular complexity index is 1620. The monoisotopic (exact) mass is 421 g/mol. The summed E-state index contributed by atoms with van der Waals surface area (Å²) < 4.78 is 0. The molecule has 6 aromatic carbocycles. The largest absolute Gasteiger partial charge is 0.0616 e. The number of hydrogen-bond acceptors (Lipinski definition) is 0. The molecule has 0 saturated heterocycles. The number of benzene rings is 6. The zero-order valence-corrected chi connectivity index (χ0v) is 18.6. The molecule has 6 aromatic rings. The highest BCUT2D eigenvalue weighted by Crippen LogP contribution is 2.42. The minimum Gasteiger partial charge on any atom is -0.0616 e. The SMILES string of the molecule is [CH](c1c2ccccc2cc2ccccc12)C1CCCc2c1ccc1c2ccc2ccccc21. The van der Waals surface area contributed by atoms with Crippen LogP contribution in [0, 0.1) is 6.42 Å². The van der Waals surface area contributed by atoms with E-state index >= 15 is 0 Å². The fraction of sp³-hybridized carbons (Fsp3) is 0.121. The predicted octanol–water partition coefficient (Wildman–Crippen LogP) is 8.97. The van der Waals surface area contributed by atoms with E-state index in [4.69, 9.17) is 0 Å². The smallest absolute Gasteiger partial charge is 0.000552 e. The first kappa shape index (κ1) is 18.9. The van der Waals surface area contributed by atoms with Gasteiger partial charge in [-0.15, -0.1) is 0 Å². The van der Waals surface area contributed by atoms with Crippen molar-refractivity contribution < 1.29 is 0 Å². The van der Waals surface area contributed by atoms with E-state index in [0.29, 0.717) is 5.92 Å². The third kappa shape index (κ3) is 2.98. The lowest BCUT2D eigenvalue weighted by Crippen LogP contribution is -2.12. The molecule has 33 heavy (non-hydrogen) atoms. The van der Waals surface area contributed by atoms with Crippen molar-refractivity contribution in [1.82, 2.24) is 0 Å². The zero-order chi connectivity index (χ0) is 21.8. The molecular weight excluding hydrogens is 396 g/mol. The maximum absolute atomic E-state index is 2.57. The van der Waals surface area contributed by atoms with Gasteiger partial charge >= 0.3 is 0 Å². The normalized spacial score (nSPS) is 15.9. The van der Waals surface area contributed by atoms with E-state index in [2.05, 4.69) is 110 Å². The summed E-state index contributed by atoms with van der Waals surface area (Å²) in [6, 6.07) is 38.2. The molecule has 0 bridgehead atoms. The van der Waals surface area contributed by atoms with Crippen LogP contribution >= 0.6 is 0 Å². The molecule has 1 aliphatic rings. The highest BCUT2D eigenvalue weighted by atomic mass is 14.3. The second-order valence-electron chi connectivity index (χ2n) is 9.41. The maximum atomic E-state index is 2.57. The minimum atomic E-state index is 0.443. The number of fused-ring (bicyclic) bond motifs is 7. The van der Waals surface area contributed by atoms with Gasteiger partial charge in [0.05, 0.1) is 0 Å². The van der Waals surface area contributed by atoms with Crippen LogP contribution in [-0.4, -0.2) is 0 Å². The quantitative estimate of drug-likeness (QED) is 0.193. The Morgan fingerprint density at radius 2 is 1.18 bits per heavy atom.